The van der Waals surface area contributed by atoms with E-state index in [2.05, 4.69) is 15.3 Å². The fourth-order valence-corrected chi connectivity index (χ4v) is 4.88. The number of aromatic amines is 1. The smallest absolute Gasteiger partial charge is 0.248 e. The van der Waals surface area contributed by atoms with Gasteiger partial charge in [0.25, 0.3) is 0 Å². The van der Waals surface area contributed by atoms with Gasteiger partial charge in [-0.2, -0.15) is 0 Å². The number of carbonyl (C=O) groups is 2. The van der Waals surface area contributed by atoms with E-state index in [9.17, 15) is 14.0 Å². The van der Waals surface area contributed by atoms with Crippen molar-refractivity contribution in [3.8, 4) is 0 Å². The van der Waals surface area contributed by atoms with Crippen molar-refractivity contribution >= 4 is 11.8 Å². The molecule has 2 aromatic rings. The topological polar surface area (TPSA) is 78.1 Å². The molecule has 30 heavy (non-hydrogen) atoms. The SMILES string of the molecule is CC(C)C(C(=O)NC1(C(=O)N2CCc3nc[nH]c3C2)CCCC1)c1ccc(F)cc1. The second-order valence-corrected chi connectivity index (χ2v) is 8.86. The van der Waals surface area contributed by atoms with Crippen LogP contribution in [0.3, 0.4) is 0 Å². The number of nitrogens with zero attached hydrogens (tertiary/aromatic N) is 2. The molecule has 1 fully saturated rings. The van der Waals surface area contributed by atoms with Crippen LogP contribution in [0.25, 0.3) is 0 Å². The zero-order chi connectivity index (χ0) is 21.3. The number of hydrogen-bond acceptors (Lipinski definition) is 3. The lowest BCUT2D eigenvalue weighted by Gasteiger charge is -2.37. The molecule has 1 aliphatic heterocycles. The number of aromatic nitrogens is 2. The number of H-pyrrole nitrogens is 1. The summed E-state index contributed by atoms with van der Waals surface area (Å²) in [4.78, 5) is 36.2. The van der Waals surface area contributed by atoms with Gasteiger partial charge in [-0.1, -0.05) is 38.8 Å². The molecule has 160 valence electrons. The van der Waals surface area contributed by atoms with Gasteiger partial charge in [0.15, 0.2) is 0 Å². The molecule has 7 heteroatoms. The van der Waals surface area contributed by atoms with Crippen LogP contribution >= 0.6 is 0 Å². The molecule has 2 N–H and O–H groups in total. The number of imidazole rings is 1. The van der Waals surface area contributed by atoms with Crippen LogP contribution in [-0.2, 0) is 22.6 Å². The van der Waals surface area contributed by atoms with Crippen LogP contribution in [0.1, 0.15) is 62.4 Å². The third-order valence-electron chi connectivity index (χ3n) is 6.47. The molecule has 1 saturated carbocycles. The van der Waals surface area contributed by atoms with Crippen LogP contribution in [0.4, 0.5) is 4.39 Å². The van der Waals surface area contributed by atoms with Crippen molar-refractivity contribution in [3.05, 3.63) is 53.4 Å². The van der Waals surface area contributed by atoms with E-state index >= 15 is 0 Å². The maximum Gasteiger partial charge on any atom is 0.248 e. The van der Waals surface area contributed by atoms with Gasteiger partial charge in [-0.05, 0) is 36.5 Å². The Morgan fingerprint density at radius 1 is 1.20 bits per heavy atom. The number of nitrogens with one attached hydrogen (secondary N) is 2. The van der Waals surface area contributed by atoms with E-state index < -0.39 is 11.5 Å². The molecule has 4 rings (SSSR count). The Balaban J connectivity index is 1.55. The number of hydrogen-bond donors (Lipinski definition) is 2. The molecule has 0 bridgehead atoms. The lowest BCUT2D eigenvalue weighted by Crippen LogP contribution is -2.59. The second kappa shape index (κ2) is 8.20. The van der Waals surface area contributed by atoms with Gasteiger partial charge in [0.1, 0.15) is 11.4 Å². The summed E-state index contributed by atoms with van der Waals surface area (Å²) in [6.07, 6.45) is 5.52. The number of rotatable bonds is 5. The van der Waals surface area contributed by atoms with Gasteiger partial charge >= 0.3 is 0 Å². The monoisotopic (exact) mass is 412 g/mol. The highest BCUT2D eigenvalue weighted by Gasteiger charge is 2.46. The van der Waals surface area contributed by atoms with Crippen LogP contribution in [0.2, 0.25) is 0 Å². The van der Waals surface area contributed by atoms with E-state index in [1.807, 2.05) is 18.7 Å². The Labute approximate surface area is 176 Å². The predicted molar refractivity (Wildman–Crippen MR) is 111 cm³/mol. The summed E-state index contributed by atoms with van der Waals surface area (Å²) in [6, 6.07) is 6.08. The molecule has 1 unspecified atom stereocenters. The Kier molecular flexibility index (Phi) is 5.62. The largest absolute Gasteiger partial charge is 0.347 e. The Morgan fingerprint density at radius 2 is 1.90 bits per heavy atom. The molecule has 1 aliphatic carbocycles. The molecular weight excluding hydrogens is 383 g/mol. The molecule has 0 saturated heterocycles. The van der Waals surface area contributed by atoms with Crippen molar-refractivity contribution in [2.45, 2.75) is 64.0 Å². The van der Waals surface area contributed by atoms with E-state index in [1.165, 1.54) is 12.1 Å². The first kappa shape index (κ1) is 20.6. The van der Waals surface area contributed by atoms with E-state index in [0.717, 1.165) is 36.2 Å². The molecule has 0 spiro atoms. The molecular formula is C23H29FN4O2. The molecule has 2 aliphatic rings. The maximum absolute atomic E-state index is 13.6. The lowest BCUT2D eigenvalue weighted by molar-refractivity contribution is -0.143. The summed E-state index contributed by atoms with van der Waals surface area (Å²) < 4.78 is 13.4. The van der Waals surface area contributed by atoms with Crippen LogP contribution < -0.4 is 5.32 Å². The summed E-state index contributed by atoms with van der Waals surface area (Å²) in [7, 11) is 0. The van der Waals surface area contributed by atoms with E-state index in [-0.39, 0.29) is 23.5 Å². The zero-order valence-electron chi connectivity index (χ0n) is 17.6. The third-order valence-corrected chi connectivity index (χ3v) is 6.47. The molecule has 1 atom stereocenters. The summed E-state index contributed by atoms with van der Waals surface area (Å²) >= 11 is 0. The Hall–Kier alpha value is -2.70. The van der Waals surface area contributed by atoms with Gasteiger partial charge in [0.05, 0.1) is 30.2 Å². The maximum atomic E-state index is 13.6. The van der Waals surface area contributed by atoms with Crippen molar-refractivity contribution in [2.24, 2.45) is 5.92 Å². The molecule has 1 aromatic carbocycles. The highest BCUT2D eigenvalue weighted by atomic mass is 19.1. The van der Waals surface area contributed by atoms with Gasteiger partial charge in [-0.25, -0.2) is 9.37 Å². The standard InChI is InChI=1S/C23H29FN4O2/c1-15(2)20(16-5-7-17(24)8-6-16)21(29)27-23(10-3-4-11-23)22(30)28-12-9-18-19(13-28)26-14-25-18/h5-8,14-15,20H,3-4,9-13H2,1-2H3,(H,25,26)(H,27,29). The fraction of sp³-hybridized carbons (Fsp3) is 0.522. The minimum Gasteiger partial charge on any atom is -0.347 e. The average Bonchev–Trinajstić information content (AvgIpc) is 3.38. The van der Waals surface area contributed by atoms with Gasteiger partial charge in [-0.15, -0.1) is 0 Å². The highest BCUT2D eigenvalue weighted by molar-refractivity contribution is 5.94. The van der Waals surface area contributed by atoms with E-state index in [4.69, 9.17) is 0 Å². The van der Waals surface area contributed by atoms with Gasteiger partial charge < -0.3 is 15.2 Å². The van der Waals surface area contributed by atoms with E-state index in [1.54, 1.807) is 18.5 Å². The van der Waals surface area contributed by atoms with Gasteiger partial charge in [-0.3, -0.25) is 9.59 Å². The molecule has 0 radical (unpaired) electrons. The summed E-state index contributed by atoms with van der Waals surface area (Å²) in [5, 5.41) is 3.15. The van der Waals surface area contributed by atoms with Crippen LogP contribution in [0, 0.1) is 11.7 Å². The zero-order valence-corrected chi connectivity index (χ0v) is 17.6. The van der Waals surface area contributed by atoms with E-state index in [0.29, 0.717) is 25.9 Å². The highest BCUT2D eigenvalue weighted by Crippen LogP contribution is 2.35. The first-order valence-corrected chi connectivity index (χ1v) is 10.8. The number of fused-ring (bicyclic) bond motifs is 1. The summed E-state index contributed by atoms with van der Waals surface area (Å²) in [5.41, 5.74) is 1.90. The number of halogens is 1. The van der Waals surface area contributed by atoms with Gasteiger partial charge in [0.2, 0.25) is 11.8 Å². The summed E-state index contributed by atoms with van der Waals surface area (Å²) in [6.45, 7) is 5.06. The number of amides is 2. The quantitative estimate of drug-likeness (QED) is 0.791. The number of carbonyl (C=O) groups excluding carboxylic acids is 2. The molecule has 6 nitrogen and oxygen atoms in total. The van der Waals surface area contributed by atoms with Crippen LogP contribution in [0.15, 0.2) is 30.6 Å². The summed E-state index contributed by atoms with van der Waals surface area (Å²) in [5.74, 6) is -0.906. The Morgan fingerprint density at radius 3 is 2.57 bits per heavy atom. The molecule has 2 amide bonds. The van der Waals surface area contributed by atoms with Crippen LogP contribution in [0.5, 0.6) is 0 Å². The molecule has 1 aromatic heterocycles. The average molecular weight is 413 g/mol. The van der Waals surface area contributed by atoms with Gasteiger partial charge in [0, 0.05) is 13.0 Å². The molecule has 2 heterocycles. The normalized spacial score (nSPS) is 18.9. The number of benzene rings is 1. The minimum absolute atomic E-state index is 0.00443. The first-order chi connectivity index (χ1) is 14.4. The lowest BCUT2D eigenvalue weighted by atomic mass is 9.85. The first-order valence-electron chi connectivity index (χ1n) is 10.8. The van der Waals surface area contributed by atoms with Crippen LogP contribution in [-0.4, -0.2) is 38.8 Å². The van der Waals surface area contributed by atoms with Crippen molar-refractivity contribution in [1.29, 1.82) is 0 Å². The Bertz CT molecular complexity index is 916. The third kappa shape index (κ3) is 3.85. The van der Waals surface area contributed by atoms with Crippen molar-refractivity contribution < 1.29 is 14.0 Å². The van der Waals surface area contributed by atoms with Crippen molar-refractivity contribution in [3.63, 3.8) is 0 Å². The van der Waals surface area contributed by atoms with Crippen molar-refractivity contribution in [1.82, 2.24) is 20.2 Å². The fourth-order valence-electron chi connectivity index (χ4n) is 4.88. The minimum atomic E-state index is -0.859. The predicted octanol–water partition coefficient (Wildman–Crippen LogP) is 3.30. The second-order valence-electron chi connectivity index (χ2n) is 8.86. The van der Waals surface area contributed by atoms with Crippen molar-refractivity contribution in [2.75, 3.05) is 6.54 Å².